The van der Waals surface area contributed by atoms with Gasteiger partial charge in [-0.1, -0.05) is 12.5 Å². The van der Waals surface area contributed by atoms with Crippen LogP contribution in [0, 0.1) is 28.6 Å². The number of aliphatic hydroxyl groups is 2. The maximum absolute atomic E-state index is 13.7. The molecule has 4 N–H and O–H groups in total. The molecule has 44 heavy (non-hydrogen) atoms. The Morgan fingerprint density at radius 2 is 1.84 bits per heavy atom. The van der Waals surface area contributed by atoms with Crippen molar-refractivity contribution in [3.63, 3.8) is 0 Å². The van der Waals surface area contributed by atoms with Gasteiger partial charge in [-0.2, -0.15) is 0 Å². The van der Waals surface area contributed by atoms with E-state index in [1.807, 2.05) is 0 Å². The van der Waals surface area contributed by atoms with Crippen LogP contribution >= 0.6 is 0 Å². The number of carbonyl (C=O) groups excluding carboxylic acids is 5. The lowest BCUT2D eigenvalue weighted by Crippen LogP contribution is -2.79. The predicted molar refractivity (Wildman–Crippen MR) is 146 cm³/mol. The number of hydrogen-bond donors (Lipinski definition) is 3. The second kappa shape index (κ2) is 11.0. The molecule has 1 unspecified atom stereocenters. The first-order valence-electron chi connectivity index (χ1n) is 14.5. The molecule has 14 nitrogen and oxygen atoms in total. The minimum absolute atomic E-state index is 0.0948. The van der Waals surface area contributed by atoms with Crippen LogP contribution in [-0.2, 0) is 52.4 Å². The summed E-state index contributed by atoms with van der Waals surface area (Å²) < 4.78 is 33.1. The van der Waals surface area contributed by atoms with Crippen LogP contribution in [0.15, 0.2) is 23.0 Å². The van der Waals surface area contributed by atoms with Gasteiger partial charge in [-0.05, 0) is 44.1 Å². The Morgan fingerprint density at radius 3 is 2.45 bits per heavy atom. The summed E-state index contributed by atoms with van der Waals surface area (Å²) >= 11 is 0. The van der Waals surface area contributed by atoms with Crippen molar-refractivity contribution in [2.75, 3.05) is 27.4 Å². The highest BCUT2D eigenvalue weighted by atomic mass is 16.6. The number of aliphatic hydroxyl groups excluding tert-OH is 2. The number of fused-ring (bicyclic) bond motifs is 2. The topological polar surface area (TPSA) is 207 Å². The van der Waals surface area contributed by atoms with Crippen LogP contribution in [-0.4, -0.2) is 103 Å². The lowest BCUT2D eigenvalue weighted by Gasteiger charge is -2.67. The molecule has 2 bridgehead atoms. The summed E-state index contributed by atoms with van der Waals surface area (Å²) in [4.78, 5) is 66.2. The SMILES string of the molecule is COC[C@H](N)C(=O)OC1=C(C)[C@@H]2C[C@H]3OC(=O)[C@H](OC(=O)C=C(C)C)[C@H]4[C@]5(C(=O)OC)OC[C@]34C([C@@H](O)[C@@H]5O)[C@@]2(C)CC1=O. The molecule has 0 amide bonds. The maximum atomic E-state index is 13.7. The molecule has 2 aliphatic heterocycles. The summed E-state index contributed by atoms with van der Waals surface area (Å²) in [7, 11) is 2.44. The third kappa shape index (κ3) is 4.29. The number of ether oxygens (including phenoxy) is 6. The van der Waals surface area contributed by atoms with E-state index < -0.39 is 94.3 Å². The van der Waals surface area contributed by atoms with Crippen LogP contribution in [0.3, 0.4) is 0 Å². The number of hydrogen-bond acceptors (Lipinski definition) is 14. The lowest BCUT2D eigenvalue weighted by molar-refractivity contribution is -0.290. The van der Waals surface area contributed by atoms with Gasteiger partial charge >= 0.3 is 23.9 Å². The van der Waals surface area contributed by atoms with E-state index in [-0.39, 0.29) is 31.8 Å². The maximum Gasteiger partial charge on any atom is 0.348 e. The summed E-state index contributed by atoms with van der Waals surface area (Å²) in [6, 6.07) is -1.14. The minimum Gasteiger partial charge on any atom is -0.467 e. The molecule has 2 heterocycles. The molecular weight excluding hydrogens is 582 g/mol. The number of allylic oxidation sites excluding steroid dienone is 3. The number of carbonyl (C=O) groups is 5. The standard InChI is InChI=1S/C30H39NO13/c1-12(2)7-18(33)43-21-23-29-11-41-30(23,27(38)40-6)24(35)19(34)22(29)28(4)9-16(32)20(44-25(36)15(31)10-39-5)13(3)14(28)8-17(29)42-26(21)37/h7,14-15,17,19,21-24,34-35H,8-11,31H2,1-6H3/t14-,15-,17+,19+,21+,22?,23+,24-,28-,29+,30-/m0/s1. The van der Waals surface area contributed by atoms with E-state index in [1.165, 1.54) is 13.2 Å². The van der Waals surface area contributed by atoms with Crippen LogP contribution in [0.25, 0.3) is 0 Å². The zero-order chi connectivity index (χ0) is 32.5. The van der Waals surface area contributed by atoms with Crippen LogP contribution in [0.1, 0.15) is 40.5 Å². The fourth-order valence-electron chi connectivity index (χ4n) is 8.80. The third-order valence-corrected chi connectivity index (χ3v) is 10.3. The fourth-order valence-corrected chi connectivity index (χ4v) is 8.80. The molecule has 0 radical (unpaired) electrons. The average Bonchev–Trinajstić information content (AvgIpc) is 3.25. The van der Waals surface area contributed by atoms with E-state index in [0.29, 0.717) is 11.1 Å². The Kier molecular flexibility index (Phi) is 8.07. The molecule has 14 heteroatoms. The first kappa shape index (κ1) is 32.2. The third-order valence-electron chi connectivity index (χ3n) is 10.3. The Labute approximate surface area is 253 Å². The fraction of sp³-hybridized carbons (Fsp3) is 0.700. The molecule has 5 aliphatic rings. The second-order valence-electron chi connectivity index (χ2n) is 13.0. The van der Waals surface area contributed by atoms with Gasteiger partial charge in [-0.25, -0.2) is 19.2 Å². The molecule has 11 atom stereocenters. The minimum atomic E-state index is -2.27. The molecular formula is C30H39NO13. The molecule has 2 saturated carbocycles. The van der Waals surface area contributed by atoms with Crippen molar-refractivity contribution in [1.82, 2.24) is 0 Å². The van der Waals surface area contributed by atoms with Gasteiger partial charge in [-0.15, -0.1) is 0 Å². The predicted octanol–water partition coefficient (Wildman–Crippen LogP) is -0.524. The van der Waals surface area contributed by atoms with Crippen molar-refractivity contribution in [2.45, 2.75) is 76.6 Å². The quantitative estimate of drug-likeness (QED) is 0.186. The molecule has 0 aromatic heterocycles. The average molecular weight is 622 g/mol. The monoisotopic (exact) mass is 621 g/mol. The highest BCUT2D eigenvalue weighted by molar-refractivity contribution is 5.98. The van der Waals surface area contributed by atoms with Gasteiger partial charge in [0, 0.05) is 30.9 Å². The van der Waals surface area contributed by atoms with Gasteiger partial charge < -0.3 is 44.4 Å². The first-order valence-corrected chi connectivity index (χ1v) is 14.5. The summed E-state index contributed by atoms with van der Waals surface area (Å²) in [5.74, 6) is -7.39. The van der Waals surface area contributed by atoms with E-state index >= 15 is 0 Å². The molecule has 3 aliphatic carbocycles. The van der Waals surface area contributed by atoms with Crippen LogP contribution < -0.4 is 5.73 Å². The van der Waals surface area contributed by atoms with Gasteiger partial charge in [0.2, 0.25) is 11.7 Å². The Bertz CT molecular complexity index is 1350. The first-order chi connectivity index (χ1) is 20.6. The highest BCUT2D eigenvalue weighted by Gasteiger charge is 2.85. The van der Waals surface area contributed by atoms with Gasteiger partial charge in [0.05, 0.1) is 32.3 Å². The number of nitrogens with two attached hydrogens (primary N) is 1. The zero-order valence-corrected chi connectivity index (χ0v) is 25.5. The van der Waals surface area contributed by atoms with Crippen molar-refractivity contribution in [1.29, 1.82) is 0 Å². The number of Topliss-reactive ketones (excluding diaryl/α,β-unsaturated/α-hetero) is 1. The normalized spacial score (nSPS) is 41.1. The van der Waals surface area contributed by atoms with Gasteiger partial charge in [0.1, 0.15) is 18.2 Å². The Morgan fingerprint density at radius 1 is 1.16 bits per heavy atom. The zero-order valence-electron chi connectivity index (χ0n) is 25.5. The Hall–Kier alpha value is -3.17. The largest absolute Gasteiger partial charge is 0.467 e. The molecule has 0 aromatic rings. The van der Waals surface area contributed by atoms with Gasteiger partial charge in [0.25, 0.3) is 0 Å². The molecule has 0 aromatic carbocycles. The lowest BCUT2D eigenvalue weighted by atomic mass is 9.38. The summed E-state index contributed by atoms with van der Waals surface area (Å²) in [6.07, 6.45) is -5.26. The Balaban J connectivity index is 1.65. The number of esters is 4. The molecule has 4 fully saturated rings. The van der Waals surface area contributed by atoms with E-state index in [2.05, 4.69) is 0 Å². The summed E-state index contributed by atoms with van der Waals surface area (Å²) in [5.41, 5.74) is 2.02. The highest BCUT2D eigenvalue weighted by Crippen LogP contribution is 2.72. The summed E-state index contributed by atoms with van der Waals surface area (Å²) in [5, 5.41) is 23.5. The van der Waals surface area contributed by atoms with E-state index in [4.69, 9.17) is 34.2 Å². The molecule has 1 spiro atoms. The van der Waals surface area contributed by atoms with Crippen LogP contribution in [0.5, 0.6) is 0 Å². The number of rotatable bonds is 7. The van der Waals surface area contributed by atoms with Crippen molar-refractivity contribution in [3.05, 3.63) is 23.0 Å². The van der Waals surface area contributed by atoms with Crippen molar-refractivity contribution in [3.8, 4) is 0 Å². The van der Waals surface area contributed by atoms with E-state index in [0.717, 1.165) is 7.11 Å². The van der Waals surface area contributed by atoms with Gasteiger partial charge in [-0.3, -0.25) is 4.79 Å². The second-order valence-corrected chi connectivity index (χ2v) is 13.0. The van der Waals surface area contributed by atoms with E-state index in [9.17, 15) is 34.2 Å². The molecule has 2 saturated heterocycles. The molecule has 5 rings (SSSR count). The van der Waals surface area contributed by atoms with E-state index in [1.54, 1.807) is 27.7 Å². The van der Waals surface area contributed by atoms with Crippen molar-refractivity contribution in [2.24, 2.45) is 34.3 Å². The van der Waals surface area contributed by atoms with Crippen LogP contribution in [0.2, 0.25) is 0 Å². The smallest absolute Gasteiger partial charge is 0.348 e. The van der Waals surface area contributed by atoms with Crippen LogP contribution in [0.4, 0.5) is 0 Å². The number of methoxy groups -OCH3 is 2. The molecule has 242 valence electrons. The van der Waals surface area contributed by atoms with Gasteiger partial charge in [0.15, 0.2) is 11.5 Å². The summed E-state index contributed by atoms with van der Waals surface area (Å²) in [6.45, 7) is 6.29. The van der Waals surface area contributed by atoms with Crippen molar-refractivity contribution < 1.29 is 62.6 Å². The number of ketones is 1. The van der Waals surface area contributed by atoms with Crippen molar-refractivity contribution >= 4 is 29.7 Å².